The van der Waals surface area contributed by atoms with Gasteiger partial charge in [0.25, 0.3) is 5.91 Å². The Kier molecular flexibility index (Phi) is 5.88. The molecule has 2 heterocycles. The van der Waals surface area contributed by atoms with E-state index in [1.165, 1.54) is 34.1 Å². The van der Waals surface area contributed by atoms with Crippen LogP contribution in [0, 0.1) is 5.82 Å². The van der Waals surface area contributed by atoms with E-state index in [0.717, 1.165) is 0 Å². The molecule has 0 bridgehead atoms. The number of anilines is 1. The predicted molar refractivity (Wildman–Crippen MR) is 118 cm³/mol. The number of amides is 4. The average molecular weight is 457 g/mol. The highest BCUT2D eigenvalue weighted by Crippen LogP contribution is 2.39. The third-order valence-corrected chi connectivity index (χ3v) is 6.09. The van der Waals surface area contributed by atoms with Crippen LogP contribution in [-0.2, 0) is 9.59 Å². The molecule has 2 aliphatic rings. The second kappa shape index (κ2) is 8.63. The van der Waals surface area contributed by atoms with Crippen LogP contribution in [0.2, 0.25) is 5.02 Å². The van der Waals surface area contributed by atoms with Crippen molar-refractivity contribution >= 4 is 35.1 Å². The number of urea groups is 1. The molecule has 0 spiro atoms. The molecule has 2 atom stereocenters. The first-order chi connectivity index (χ1) is 15.3. The molecule has 4 amide bonds. The summed E-state index contributed by atoms with van der Waals surface area (Å²) in [6.45, 7) is 3.93. The molecule has 0 aliphatic carbocycles. The van der Waals surface area contributed by atoms with E-state index in [1.54, 1.807) is 31.2 Å². The number of carbonyl (C=O) groups excluding carboxylic acids is 3. The molecule has 9 heteroatoms. The van der Waals surface area contributed by atoms with Crippen molar-refractivity contribution in [1.29, 1.82) is 0 Å². The molecule has 2 aromatic carbocycles. The van der Waals surface area contributed by atoms with Crippen molar-refractivity contribution in [3.05, 3.63) is 76.2 Å². The van der Waals surface area contributed by atoms with Gasteiger partial charge >= 0.3 is 6.03 Å². The van der Waals surface area contributed by atoms with Gasteiger partial charge in [-0.2, -0.15) is 0 Å². The number of nitrogens with one attached hydrogen (secondary N) is 2. The Bertz CT molecular complexity index is 1120. The topological polar surface area (TPSA) is 81.8 Å². The van der Waals surface area contributed by atoms with Gasteiger partial charge in [-0.25, -0.2) is 9.18 Å². The molecule has 2 aromatic rings. The van der Waals surface area contributed by atoms with E-state index in [9.17, 15) is 18.8 Å². The van der Waals surface area contributed by atoms with Crippen LogP contribution in [-0.4, -0.2) is 46.8 Å². The maximum Gasteiger partial charge on any atom is 0.322 e. The van der Waals surface area contributed by atoms with Crippen LogP contribution in [0.4, 0.5) is 14.9 Å². The van der Waals surface area contributed by atoms with Crippen LogP contribution < -0.4 is 10.6 Å². The molecular formula is C23H22ClFN4O3. The fourth-order valence-corrected chi connectivity index (χ4v) is 4.27. The lowest BCUT2D eigenvalue weighted by Crippen LogP contribution is -2.47. The molecule has 0 fully saturated rings. The first-order valence-electron chi connectivity index (χ1n) is 10.2. The second-order valence-corrected chi connectivity index (χ2v) is 8.02. The largest absolute Gasteiger partial charge is 0.326 e. The summed E-state index contributed by atoms with van der Waals surface area (Å²) in [5, 5.41) is 6.00. The van der Waals surface area contributed by atoms with Gasteiger partial charge in [-0.3, -0.25) is 14.5 Å². The SMILES string of the molecule is CCN1C(=O)N[C@@H](c2ccccc2Cl)C2=C1CN([C@@H](C)C(=O)Nc1ccc(F)cc1)C2=O. The quantitative estimate of drug-likeness (QED) is 0.720. The van der Waals surface area contributed by atoms with Crippen molar-refractivity contribution in [2.45, 2.75) is 25.9 Å². The van der Waals surface area contributed by atoms with E-state index in [-0.39, 0.29) is 18.5 Å². The fraction of sp³-hybridized carbons (Fsp3) is 0.261. The van der Waals surface area contributed by atoms with Crippen molar-refractivity contribution in [2.24, 2.45) is 0 Å². The number of benzene rings is 2. The zero-order valence-electron chi connectivity index (χ0n) is 17.6. The molecule has 0 radical (unpaired) electrons. The number of likely N-dealkylation sites (N-methyl/N-ethyl adjacent to an activating group) is 1. The standard InChI is InChI=1S/C23H22ClFN4O3/c1-3-28-18-12-29(13(2)21(30)26-15-10-8-14(25)9-11-15)22(31)19(18)20(27-23(28)32)16-6-4-5-7-17(16)24/h4-11,13,20H,3,12H2,1-2H3,(H,26,30)(H,27,32)/t13-,20-/m0/s1. The molecule has 0 aromatic heterocycles. The molecule has 32 heavy (non-hydrogen) atoms. The maximum absolute atomic E-state index is 13.5. The third-order valence-electron chi connectivity index (χ3n) is 5.74. The number of carbonyl (C=O) groups is 3. The van der Waals surface area contributed by atoms with Gasteiger partial charge in [0.2, 0.25) is 5.91 Å². The molecule has 0 saturated heterocycles. The van der Waals surface area contributed by atoms with Crippen LogP contribution in [0.3, 0.4) is 0 Å². The number of rotatable bonds is 5. The summed E-state index contributed by atoms with van der Waals surface area (Å²) in [5.41, 5.74) is 2.01. The molecule has 4 rings (SSSR count). The van der Waals surface area contributed by atoms with Gasteiger partial charge in [-0.15, -0.1) is 0 Å². The normalized spacial score (nSPS) is 19.1. The summed E-state index contributed by atoms with van der Waals surface area (Å²) < 4.78 is 13.1. The molecule has 0 saturated carbocycles. The number of nitrogens with zero attached hydrogens (tertiary/aromatic N) is 2. The van der Waals surface area contributed by atoms with Gasteiger partial charge in [0.05, 0.1) is 23.9 Å². The number of hydrogen-bond acceptors (Lipinski definition) is 3. The van der Waals surface area contributed by atoms with Crippen LogP contribution >= 0.6 is 11.6 Å². The summed E-state index contributed by atoms with van der Waals surface area (Å²) in [5.74, 6) is -1.17. The Morgan fingerprint density at radius 2 is 1.91 bits per heavy atom. The Labute approximate surface area is 189 Å². The van der Waals surface area contributed by atoms with Gasteiger partial charge < -0.3 is 15.5 Å². The average Bonchev–Trinajstić information content (AvgIpc) is 3.11. The molecule has 7 nitrogen and oxygen atoms in total. The molecule has 2 N–H and O–H groups in total. The van der Waals surface area contributed by atoms with Gasteiger partial charge in [-0.05, 0) is 49.7 Å². The number of hydrogen-bond donors (Lipinski definition) is 2. The van der Waals surface area contributed by atoms with Crippen LogP contribution in [0.15, 0.2) is 59.8 Å². The van der Waals surface area contributed by atoms with E-state index in [2.05, 4.69) is 10.6 Å². The van der Waals surface area contributed by atoms with E-state index < -0.39 is 23.8 Å². The van der Waals surface area contributed by atoms with E-state index in [1.807, 2.05) is 6.92 Å². The second-order valence-electron chi connectivity index (χ2n) is 7.61. The number of halogens is 2. The van der Waals surface area contributed by atoms with Crippen molar-refractivity contribution < 1.29 is 18.8 Å². The van der Waals surface area contributed by atoms with Crippen LogP contribution in [0.25, 0.3) is 0 Å². The predicted octanol–water partition coefficient (Wildman–Crippen LogP) is 3.69. The summed E-state index contributed by atoms with van der Waals surface area (Å²) in [4.78, 5) is 42.0. The Balaban J connectivity index is 1.62. The Morgan fingerprint density at radius 3 is 2.56 bits per heavy atom. The smallest absolute Gasteiger partial charge is 0.322 e. The van der Waals surface area contributed by atoms with Crippen LogP contribution in [0.5, 0.6) is 0 Å². The van der Waals surface area contributed by atoms with Gasteiger partial charge in [0.15, 0.2) is 0 Å². The third kappa shape index (κ3) is 3.82. The molecular weight excluding hydrogens is 435 g/mol. The Hall–Kier alpha value is -3.39. The van der Waals surface area contributed by atoms with Crippen molar-refractivity contribution in [2.75, 3.05) is 18.4 Å². The first kappa shape index (κ1) is 21.8. The van der Waals surface area contributed by atoms with Gasteiger partial charge in [-0.1, -0.05) is 29.8 Å². The highest BCUT2D eigenvalue weighted by atomic mass is 35.5. The van der Waals surface area contributed by atoms with Gasteiger partial charge in [0.1, 0.15) is 11.9 Å². The fourth-order valence-electron chi connectivity index (χ4n) is 4.02. The maximum atomic E-state index is 13.5. The lowest BCUT2D eigenvalue weighted by Gasteiger charge is -2.33. The van der Waals surface area contributed by atoms with Crippen molar-refractivity contribution in [1.82, 2.24) is 15.1 Å². The summed E-state index contributed by atoms with van der Waals surface area (Å²) in [6.07, 6.45) is 0. The zero-order valence-corrected chi connectivity index (χ0v) is 18.3. The minimum Gasteiger partial charge on any atom is -0.326 e. The van der Waals surface area contributed by atoms with Crippen molar-refractivity contribution in [3.8, 4) is 0 Å². The van der Waals surface area contributed by atoms with E-state index >= 15 is 0 Å². The lowest BCUT2D eigenvalue weighted by molar-refractivity contribution is -0.133. The highest BCUT2D eigenvalue weighted by Gasteiger charge is 2.46. The lowest BCUT2D eigenvalue weighted by atomic mass is 9.95. The minimum absolute atomic E-state index is 0.119. The van der Waals surface area contributed by atoms with Crippen LogP contribution in [0.1, 0.15) is 25.5 Å². The minimum atomic E-state index is -0.821. The van der Waals surface area contributed by atoms with Gasteiger partial charge in [0, 0.05) is 17.3 Å². The monoisotopic (exact) mass is 456 g/mol. The zero-order chi connectivity index (χ0) is 23.0. The molecule has 0 unspecified atom stereocenters. The molecule has 166 valence electrons. The Morgan fingerprint density at radius 1 is 1.22 bits per heavy atom. The van der Waals surface area contributed by atoms with E-state index in [4.69, 9.17) is 11.6 Å². The summed E-state index contributed by atoms with van der Waals surface area (Å²) >= 11 is 6.36. The van der Waals surface area contributed by atoms with Crippen molar-refractivity contribution in [3.63, 3.8) is 0 Å². The highest BCUT2D eigenvalue weighted by molar-refractivity contribution is 6.31. The summed E-state index contributed by atoms with van der Waals surface area (Å²) in [6, 6.07) is 10.6. The van der Waals surface area contributed by atoms with E-state index in [0.29, 0.717) is 34.1 Å². The first-order valence-corrected chi connectivity index (χ1v) is 10.6. The summed E-state index contributed by atoms with van der Waals surface area (Å²) in [7, 11) is 0. The molecule has 2 aliphatic heterocycles.